The van der Waals surface area contributed by atoms with Crippen LogP contribution in [-0.2, 0) is 0 Å². The van der Waals surface area contributed by atoms with E-state index < -0.39 is 10.0 Å². The van der Waals surface area contributed by atoms with Crippen LogP contribution in [-0.4, -0.2) is 23.0 Å². The maximum absolute atomic E-state index is 2.41. The van der Waals surface area contributed by atoms with Crippen molar-refractivity contribution in [2.45, 2.75) is 55.4 Å². The highest BCUT2D eigenvalue weighted by molar-refractivity contribution is 8.33. The summed E-state index contributed by atoms with van der Waals surface area (Å²) in [5, 5.41) is 0. The Bertz CT molecular complexity index is 146. The highest BCUT2D eigenvalue weighted by atomic mass is 32.3. The Hall–Kier alpha value is 0.350. The van der Waals surface area contributed by atoms with Crippen molar-refractivity contribution in [3.8, 4) is 0 Å². The van der Waals surface area contributed by atoms with Crippen molar-refractivity contribution in [3.05, 3.63) is 0 Å². The molecule has 1 heteroatoms. The summed E-state index contributed by atoms with van der Waals surface area (Å²) in [7, 11) is -0.394. The van der Waals surface area contributed by atoms with Gasteiger partial charge in [0.15, 0.2) is 0 Å². The van der Waals surface area contributed by atoms with E-state index in [0.717, 1.165) is 23.7 Å². The lowest BCUT2D eigenvalue weighted by Crippen LogP contribution is -2.27. The van der Waals surface area contributed by atoms with Crippen molar-refractivity contribution in [2.75, 3.05) is 23.0 Å². The van der Waals surface area contributed by atoms with Gasteiger partial charge >= 0.3 is 0 Å². The van der Waals surface area contributed by atoms with Crippen LogP contribution < -0.4 is 0 Å². The van der Waals surface area contributed by atoms with Gasteiger partial charge in [-0.2, -0.15) is 0 Å². The van der Waals surface area contributed by atoms with Gasteiger partial charge in [-0.25, -0.2) is 10.0 Å². The predicted molar refractivity (Wildman–Crippen MR) is 86.4 cm³/mol. The van der Waals surface area contributed by atoms with Crippen molar-refractivity contribution >= 4 is 10.0 Å². The second kappa shape index (κ2) is 7.71. The lowest BCUT2D eigenvalue weighted by Gasteiger charge is -2.46. The molecule has 0 heterocycles. The maximum Gasteiger partial charge on any atom is -0.0204 e. The van der Waals surface area contributed by atoms with E-state index in [1.54, 1.807) is 0 Å². The van der Waals surface area contributed by atoms with Gasteiger partial charge in [-0.3, -0.25) is 0 Å². The molecule has 0 bridgehead atoms. The van der Waals surface area contributed by atoms with Gasteiger partial charge in [-0.15, -0.1) is 0 Å². The molecule has 0 spiro atoms. The summed E-state index contributed by atoms with van der Waals surface area (Å²) in [5.41, 5.74) is 0. The van der Waals surface area contributed by atoms with Crippen LogP contribution in [0.25, 0.3) is 0 Å². The fraction of sp³-hybridized carbons (Fsp3) is 1.00. The molecule has 17 heavy (non-hydrogen) atoms. The summed E-state index contributed by atoms with van der Waals surface area (Å²) >= 11 is 0. The van der Waals surface area contributed by atoms with E-state index in [9.17, 15) is 0 Å². The molecule has 0 atom stereocenters. The first-order valence-corrected chi connectivity index (χ1v) is 9.72. The van der Waals surface area contributed by atoms with Crippen LogP contribution in [0.2, 0.25) is 0 Å². The molecule has 0 aromatic carbocycles. The fourth-order valence-electron chi connectivity index (χ4n) is 3.24. The van der Waals surface area contributed by atoms with Crippen molar-refractivity contribution < 1.29 is 0 Å². The van der Waals surface area contributed by atoms with E-state index in [0.29, 0.717) is 0 Å². The minimum atomic E-state index is -0.394. The number of hydrogen-bond acceptors (Lipinski definition) is 0. The molecule has 0 saturated carbocycles. The minimum absolute atomic E-state index is 0.394. The van der Waals surface area contributed by atoms with Gasteiger partial charge in [0.1, 0.15) is 0 Å². The smallest absolute Gasteiger partial charge is 0.0204 e. The summed E-state index contributed by atoms with van der Waals surface area (Å²) in [6, 6.07) is 0. The highest BCUT2D eigenvalue weighted by Gasteiger charge is 2.28. The normalized spacial score (nSPS) is 14.4. The third-order valence-corrected chi connectivity index (χ3v) is 8.24. The summed E-state index contributed by atoms with van der Waals surface area (Å²) in [6.45, 7) is 19.2. The molecule has 106 valence electrons. The standard InChI is InChI=1S/C16H36S/c1-13(2)9-17(10-14(3)4,11-15(5)6)12-16(7)8/h13-16H,9-12H2,1-8H3. The Morgan fingerprint density at radius 2 is 0.647 bits per heavy atom. The molecular formula is C16H36S. The summed E-state index contributed by atoms with van der Waals surface area (Å²) in [5.74, 6) is 9.40. The fourth-order valence-corrected chi connectivity index (χ4v) is 9.71. The Morgan fingerprint density at radius 3 is 0.765 bits per heavy atom. The van der Waals surface area contributed by atoms with Gasteiger partial charge in [0.25, 0.3) is 0 Å². The number of rotatable bonds is 8. The molecule has 0 aliphatic rings. The first-order valence-electron chi connectivity index (χ1n) is 7.41. The Balaban J connectivity index is 4.89. The molecule has 0 N–H and O–H groups in total. The van der Waals surface area contributed by atoms with Gasteiger partial charge < -0.3 is 0 Å². The molecule has 0 saturated heterocycles. The van der Waals surface area contributed by atoms with Gasteiger partial charge in [0, 0.05) is 0 Å². The Morgan fingerprint density at radius 1 is 0.471 bits per heavy atom. The first-order chi connectivity index (χ1) is 7.67. The van der Waals surface area contributed by atoms with Crippen molar-refractivity contribution in [2.24, 2.45) is 23.7 Å². The van der Waals surface area contributed by atoms with Gasteiger partial charge in [0.05, 0.1) is 0 Å². The number of hydrogen-bond donors (Lipinski definition) is 0. The summed E-state index contributed by atoms with van der Waals surface area (Å²) < 4.78 is 0. The molecule has 0 amide bonds. The van der Waals surface area contributed by atoms with E-state index in [1.165, 1.54) is 23.0 Å². The van der Waals surface area contributed by atoms with Crippen LogP contribution in [0.15, 0.2) is 0 Å². The van der Waals surface area contributed by atoms with Crippen LogP contribution >= 0.6 is 10.0 Å². The average Bonchev–Trinajstić information content (AvgIpc) is 1.95. The molecule has 0 aliphatic heterocycles. The maximum atomic E-state index is 2.41. The zero-order valence-corrected chi connectivity index (χ0v) is 14.4. The van der Waals surface area contributed by atoms with Gasteiger partial charge in [0.2, 0.25) is 0 Å². The lowest BCUT2D eigenvalue weighted by molar-refractivity contribution is 0.675. The predicted octanol–water partition coefficient (Wildman–Crippen LogP) is 5.42. The summed E-state index contributed by atoms with van der Waals surface area (Å²) in [6.07, 6.45) is 0. The van der Waals surface area contributed by atoms with E-state index in [4.69, 9.17) is 0 Å². The molecular weight excluding hydrogens is 224 g/mol. The molecule has 0 aromatic rings. The third-order valence-electron chi connectivity index (χ3n) is 2.75. The van der Waals surface area contributed by atoms with E-state index >= 15 is 0 Å². The van der Waals surface area contributed by atoms with Crippen molar-refractivity contribution in [1.82, 2.24) is 0 Å². The third kappa shape index (κ3) is 8.13. The molecule has 0 rings (SSSR count). The second-order valence-corrected chi connectivity index (χ2v) is 11.2. The van der Waals surface area contributed by atoms with Crippen LogP contribution in [0.4, 0.5) is 0 Å². The van der Waals surface area contributed by atoms with Crippen LogP contribution in [0.5, 0.6) is 0 Å². The molecule has 0 nitrogen and oxygen atoms in total. The van der Waals surface area contributed by atoms with Crippen LogP contribution in [0, 0.1) is 23.7 Å². The van der Waals surface area contributed by atoms with Crippen LogP contribution in [0.3, 0.4) is 0 Å². The average molecular weight is 261 g/mol. The molecule has 0 aliphatic carbocycles. The zero-order chi connectivity index (χ0) is 13.6. The Labute approximate surface area is 112 Å². The zero-order valence-electron chi connectivity index (χ0n) is 13.5. The molecule has 0 unspecified atom stereocenters. The van der Waals surface area contributed by atoms with Gasteiger partial charge in [-0.05, 0) is 46.7 Å². The highest BCUT2D eigenvalue weighted by Crippen LogP contribution is 2.53. The van der Waals surface area contributed by atoms with Crippen LogP contribution in [0.1, 0.15) is 55.4 Å². The quantitative estimate of drug-likeness (QED) is 0.547. The largest absolute Gasteiger partial charge is 0.240 e. The SMILES string of the molecule is CC(C)CS(CC(C)C)(CC(C)C)CC(C)C. The molecule has 0 radical (unpaired) electrons. The lowest BCUT2D eigenvalue weighted by atomic mass is 10.2. The topological polar surface area (TPSA) is 0 Å². The van der Waals surface area contributed by atoms with Crippen molar-refractivity contribution in [3.63, 3.8) is 0 Å². The van der Waals surface area contributed by atoms with E-state index in [2.05, 4.69) is 55.4 Å². The summed E-state index contributed by atoms with van der Waals surface area (Å²) in [4.78, 5) is 0. The first kappa shape index (κ1) is 17.4. The minimum Gasteiger partial charge on any atom is -0.240 e. The second-order valence-electron chi connectivity index (χ2n) is 7.47. The van der Waals surface area contributed by atoms with E-state index in [1.807, 2.05) is 0 Å². The van der Waals surface area contributed by atoms with Crippen molar-refractivity contribution in [1.29, 1.82) is 0 Å². The monoisotopic (exact) mass is 260 g/mol. The molecule has 0 fully saturated rings. The molecule has 0 aromatic heterocycles. The van der Waals surface area contributed by atoms with E-state index in [-0.39, 0.29) is 0 Å². The van der Waals surface area contributed by atoms with Gasteiger partial charge in [-0.1, -0.05) is 55.4 Å². The Kier molecular flexibility index (Phi) is 7.87.